The van der Waals surface area contributed by atoms with Gasteiger partial charge in [-0.2, -0.15) is 0 Å². The van der Waals surface area contributed by atoms with Gasteiger partial charge in [0.15, 0.2) is 5.69 Å². The smallest absolute Gasteiger partial charge is 0.276 e. The summed E-state index contributed by atoms with van der Waals surface area (Å²) in [5.74, 6) is -0.439. The van der Waals surface area contributed by atoms with Crippen LogP contribution >= 0.6 is 0 Å². The predicted molar refractivity (Wildman–Crippen MR) is 141 cm³/mol. The zero-order chi connectivity index (χ0) is 26.6. The van der Waals surface area contributed by atoms with Crippen molar-refractivity contribution in [2.45, 2.75) is 52.7 Å². The molecule has 3 aromatic rings. The van der Waals surface area contributed by atoms with Crippen LogP contribution in [0.3, 0.4) is 0 Å². The maximum Gasteiger partial charge on any atom is 0.276 e. The van der Waals surface area contributed by atoms with Gasteiger partial charge in [0.05, 0.1) is 19.5 Å². The van der Waals surface area contributed by atoms with E-state index in [2.05, 4.69) is 15.6 Å². The highest BCUT2D eigenvalue weighted by atomic mass is 16.5. The molecule has 194 valence electrons. The van der Waals surface area contributed by atoms with E-state index in [1.54, 1.807) is 40.7 Å². The lowest BCUT2D eigenvalue weighted by molar-refractivity contribution is -0.133. The van der Waals surface area contributed by atoms with Crippen LogP contribution in [0.5, 0.6) is 5.75 Å². The number of ether oxygens (including phenoxy) is 1. The summed E-state index contributed by atoms with van der Waals surface area (Å²) in [7, 11) is 0. The molecule has 0 spiro atoms. The number of hydrogen-bond acceptors (Lipinski definition) is 5. The molecule has 2 aromatic carbocycles. The number of aryl methyl sites for hydroxylation is 1. The van der Waals surface area contributed by atoms with E-state index in [0.717, 1.165) is 11.1 Å². The van der Waals surface area contributed by atoms with Gasteiger partial charge in [-0.3, -0.25) is 14.4 Å². The molecule has 3 amide bonds. The first-order valence-corrected chi connectivity index (χ1v) is 12.5. The molecule has 2 heterocycles. The first kappa shape index (κ1) is 25.9. The molecule has 1 atom stereocenters. The van der Waals surface area contributed by atoms with E-state index in [-0.39, 0.29) is 23.8 Å². The number of carbonyl (C=O) groups is 3. The number of imidazole rings is 1. The Hall–Kier alpha value is -4.14. The monoisotopic (exact) mass is 503 g/mol. The highest BCUT2D eigenvalue weighted by molar-refractivity contribution is 6.11. The average Bonchev–Trinajstić information content (AvgIpc) is 3.31. The minimum atomic E-state index is -1.13. The zero-order valence-corrected chi connectivity index (χ0v) is 21.7. The quantitative estimate of drug-likeness (QED) is 0.462. The summed E-state index contributed by atoms with van der Waals surface area (Å²) in [6, 6.07) is 14.9. The van der Waals surface area contributed by atoms with Gasteiger partial charge in [0, 0.05) is 18.8 Å². The molecule has 1 aliphatic rings. The number of hydrogen-bond donors (Lipinski definition) is 2. The zero-order valence-electron chi connectivity index (χ0n) is 21.7. The van der Waals surface area contributed by atoms with Crippen LogP contribution in [0.4, 0.5) is 5.69 Å². The third-order valence-corrected chi connectivity index (χ3v) is 6.51. The summed E-state index contributed by atoms with van der Waals surface area (Å²) >= 11 is 0. The number of carbonyl (C=O) groups excluding carboxylic acids is 3. The topological polar surface area (TPSA) is 106 Å². The Kier molecular flexibility index (Phi) is 7.61. The molecule has 0 bridgehead atoms. The number of aromatic nitrogens is 2. The molecule has 0 saturated carbocycles. The van der Waals surface area contributed by atoms with E-state index in [0.29, 0.717) is 37.6 Å². The maximum absolute atomic E-state index is 13.7. The van der Waals surface area contributed by atoms with Crippen LogP contribution in [-0.4, -0.2) is 50.9 Å². The molecule has 0 aliphatic carbocycles. The van der Waals surface area contributed by atoms with Crippen molar-refractivity contribution in [3.05, 3.63) is 77.4 Å². The van der Waals surface area contributed by atoms with Crippen molar-refractivity contribution >= 4 is 23.4 Å². The fraction of sp³-hybridized carbons (Fsp3) is 0.357. The SMILES string of the molecule is CCCN1C(=O)c2c(C(=O)Nc3ccc(OCC)cc3)ncn2C[C@]1(C)C(=O)NCc1ccc(C)cc1. The van der Waals surface area contributed by atoms with Crippen molar-refractivity contribution in [1.82, 2.24) is 19.8 Å². The van der Waals surface area contributed by atoms with Crippen LogP contribution in [0.25, 0.3) is 0 Å². The molecule has 1 aromatic heterocycles. The summed E-state index contributed by atoms with van der Waals surface area (Å²) in [4.78, 5) is 46.0. The van der Waals surface area contributed by atoms with Gasteiger partial charge in [-0.1, -0.05) is 36.8 Å². The summed E-state index contributed by atoms with van der Waals surface area (Å²) in [6.07, 6.45) is 2.11. The van der Waals surface area contributed by atoms with Crippen molar-refractivity contribution in [2.75, 3.05) is 18.5 Å². The molecule has 4 rings (SSSR count). The summed E-state index contributed by atoms with van der Waals surface area (Å²) < 4.78 is 7.04. The molecule has 37 heavy (non-hydrogen) atoms. The number of anilines is 1. The van der Waals surface area contributed by atoms with Gasteiger partial charge in [-0.15, -0.1) is 0 Å². The van der Waals surface area contributed by atoms with Gasteiger partial charge in [-0.25, -0.2) is 4.98 Å². The van der Waals surface area contributed by atoms with Gasteiger partial charge in [0.2, 0.25) is 5.91 Å². The van der Waals surface area contributed by atoms with Crippen molar-refractivity contribution in [3.63, 3.8) is 0 Å². The van der Waals surface area contributed by atoms with Crippen molar-refractivity contribution in [2.24, 2.45) is 0 Å². The van der Waals surface area contributed by atoms with Crippen LogP contribution in [0.2, 0.25) is 0 Å². The van der Waals surface area contributed by atoms with E-state index in [9.17, 15) is 14.4 Å². The Bertz CT molecular complexity index is 1280. The normalized spacial score (nSPS) is 16.8. The standard InChI is InChI=1S/C28H33N5O4/c1-5-15-33-26(35)24-23(25(34)31-21-11-13-22(14-12-21)37-6-2)30-18-32(24)17-28(33,4)27(36)29-16-20-9-7-19(3)8-10-20/h7-14,18H,5-6,15-17H2,1-4H3,(H,29,36)(H,31,34)/t28-/m1/s1. The van der Waals surface area contributed by atoms with Gasteiger partial charge in [0.25, 0.3) is 11.8 Å². The average molecular weight is 504 g/mol. The first-order valence-electron chi connectivity index (χ1n) is 12.5. The fourth-order valence-corrected chi connectivity index (χ4v) is 4.50. The lowest BCUT2D eigenvalue weighted by atomic mass is 9.93. The molecule has 0 fully saturated rings. The Balaban J connectivity index is 1.55. The molecular weight excluding hydrogens is 470 g/mol. The Labute approximate surface area is 216 Å². The summed E-state index contributed by atoms with van der Waals surface area (Å²) in [6.45, 7) is 9.08. The van der Waals surface area contributed by atoms with Gasteiger partial charge < -0.3 is 24.8 Å². The molecule has 1 aliphatic heterocycles. The molecular formula is C28H33N5O4. The van der Waals surface area contributed by atoms with E-state index >= 15 is 0 Å². The highest BCUT2D eigenvalue weighted by Gasteiger charge is 2.48. The minimum absolute atomic E-state index is 0.0297. The van der Waals surface area contributed by atoms with E-state index in [1.165, 1.54) is 6.33 Å². The third kappa shape index (κ3) is 5.35. The molecule has 0 radical (unpaired) electrons. The van der Waals surface area contributed by atoms with E-state index in [4.69, 9.17) is 4.74 Å². The maximum atomic E-state index is 13.7. The van der Waals surface area contributed by atoms with Crippen molar-refractivity contribution in [3.8, 4) is 5.75 Å². The molecule has 9 nitrogen and oxygen atoms in total. The Morgan fingerprint density at radius 1 is 1.08 bits per heavy atom. The van der Waals surface area contributed by atoms with Crippen molar-refractivity contribution in [1.29, 1.82) is 0 Å². The van der Waals surface area contributed by atoms with E-state index in [1.807, 2.05) is 45.0 Å². The van der Waals surface area contributed by atoms with Crippen LogP contribution in [0.1, 0.15) is 59.3 Å². The number of nitrogens with zero attached hydrogens (tertiary/aromatic N) is 3. The molecule has 9 heteroatoms. The molecule has 0 unspecified atom stereocenters. The highest BCUT2D eigenvalue weighted by Crippen LogP contribution is 2.29. The van der Waals surface area contributed by atoms with Crippen LogP contribution < -0.4 is 15.4 Å². The van der Waals surface area contributed by atoms with Crippen LogP contribution in [0.15, 0.2) is 54.9 Å². The second kappa shape index (κ2) is 10.9. The third-order valence-electron chi connectivity index (χ3n) is 6.51. The lowest BCUT2D eigenvalue weighted by Gasteiger charge is -2.43. The Morgan fingerprint density at radius 3 is 2.43 bits per heavy atom. The second-order valence-electron chi connectivity index (χ2n) is 9.38. The number of amides is 3. The van der Waals surface area contributed by atoms with Gasteiger partial charge in [-0.05, 0) is 57.0 Å². The second-order valence-corrected chi connectivity index (χ2v) is 9.38. The van der Waals surface area contributed by atoms with Gasteiger partial charge >= 0.3 is 0 Å². The lowest BCUT2D eigenvalue weighted by Crippen LogP contribution is -2.64. The number of nitrogens with one attached hydrogen (secondary N) is 2. The predicted octanol–water partition coefficient (Wildman–Crippen LogP) is 3.78. The molecule has 0 saturated heterocycles. The Morgan fingerprint density at radius 2 is 1.78 bits per heavy atom. The van der Waals surface area contributed by atoms with Crippen LogP contribution in [0, 0.1) is 6.92 Å². The number of benzene rings is 2. The largest absolute Gasteiger partial charge is 0.494 e. The van der Waals surface area contributed by atoms with Crippen molar-refractivity contribution < 1.29 is 19.1 Å². The fourth-order valence-electron chi connectivity index (χ4n) is 4.50. The molecule has 2 N–H and O–H groups in total. The first-order chi connectivity index (χ1) is 17.8. The number of fused-ring (bicyclic) bond motifs is 1. The van der Waals surface area contributed by atoms with Crippen LogP contribution in [-0.2, 0) is 17.9 Å². The summed E-state index contributed by atoms with van der Waals surface area (Å²) in [5.41, 5.74) is 1.76. The number of rotatable bonds is 9. The van der Waals surface area contributed by atoms with Gasteiger partial charge in [0.1, 0.15) is 17.0 Å². The summed E-state index contributed by atoms with van der Waals surface area (Å²) in [5, 5.41) is 5.78. The minimum Gasteiger partial charge on any atom is -0.494 e. The van der Waals surface area contributed by atoms with E-state index < -0.39 is 17.4 Å².